The minimum Gasteiger partial charge on any atom is -0.352 e. The number of carbonyl (C=O) groups excluding carboxylic acids is 1. The van der Waals surface area contributed by atoms with Gasteiger partial charge >= 0.3 is 0 Å². The molecule has 1 N–H and O–H groups in total. The van der Waals surface area contributed by atoms with Crippen molar-refractivity contribution in [3.05, 3.63) is 29.3 Å². The summed E-state index contributed by atoms with van der Waals surface area (Å²) in [6, 6.07) is 8.09. The van der Waals surface area contributed by atoms with Gasteiger partial charge in [-0.25, -0.2) is 9.67 Å². The molecular formula is C15H18N6OS2. The molecule has 1 atom stereocenters. The SMILES string of the molecule is CCn1nnnc1SCC(=O)NC(C)Cc1nc2ccccc2s1. The Morgan fingerprint density at radius 2 is 2.25 bits per heavy atom. The Morgan fingerprint density at radius 3 is 3.04 bits per heavy atom. The number of thiazole rings is 1. The highest BCUT2D eigenvalue weighted by Gasteiger charge is 2.13. The summed E-state index contributed by atoms with van der Waals surface area (Å²) in [6.07, 6.45) is 0.725. The van der Waals surface area contributed by atoms with E-state index in [1.807, 2.05) is 32.0 Å². The highest BCUT2D eigenvalue weighted by atomic mass is 32.2. The van der Waals surface area contributed by atoms with Crippen molar-refractivity contribution in [2.24, 2.45) is 0 Å². The average molecular weight is 362 g/mol. The number of carbonyl (C=O) groups is 1. The third-order valence-corrected chi connectivity index (χ3v) is 5.37. The van der Waals surface area contributed by atoms with E-state index in [1.54, 1.807) is 16.0 Å². The number of para-hydroxylation sites is 1. The summed E-state index contributed by atoms with van der Waals surface area (Å²) in [5, 5.41) is 16.1. The molecule has 0 spiro atoms. The van der Waals surface area contributed by atoms with Gasteiger partial charge in [0, 0.05) is 19.0 Å². The van der Waals surface area contributed by atoms with E-state index in [-0.39, 0.29) is 11.9 Å². The lowest BCUT2D eigenvalue weighted by molar-refractivity contribution is -0.119. The van der Waals surface area contributed by atoms with Gasteiger partial charge in [0.05, 0.1) is 21.0 Å². The third-order valence-electron chi connectivity index (χ3n) is 3.36. The predicted molar refractivity (Wildman–Crippen MR) is 95.1 cm³/mol. The third kappa shape index (κ3) is 4.09. The highest BCUT2D eigenvalue weighted by Crippen LogP contribution is 2.22. The summed E-state index contributed by atoms with van der Waals surface area (Å²) in [6.45, 7) is 4.64. The molecule has 24 heavy (non-hydrogen) atoms. The lowest BCUT2D eigenvalue weighted by atomic mass is 10.2. The zero-order valence-corrected chi connectivity index (χ0v) is 15.1. The fraction of sp³-hybridized carbons (Fsp3) is 0.400. The Hall–Kier alpha value is -2.00. The van der Waals surface area contributed by atoms with E-state index in [2.05, 4.69) is 31.9 Å². The Labute approximate surface area is 147 Å². The molecule has 3 rings (SSSR count). The molecule has 2 heterocycles. The minimum atomic E-state index is -0.0285. The first-order valence-electron chi connectivity index (χ1n) is 7.68. The van der Waals surface area contributed by atoms with Crippen molar-refractivity contribution < 1.29 is 4.79 Å². The number of fused-ring (bicyclic) bond motifs is 1. The van der Waals surface area contributed by atoms with Gasteiger partial charge in [0.2, 0.25) is 11.1 Å². The summed E-state index contributed by atoms with van der Waals surface area (Å²) < 4.78 is 2.84. The second-order valence-corrected chi connectivity index (χ2v) is 7.37. The van der Waals surface area contributed by atoms with Crippen molar-refractivity contribution in [2.45, 2.75) is 38.0 Å². The number of benzene rings is 1. The van der Waals surface area contributed by atoms with Crippen molar-refractivity contribution in [2.75, 3.05) is 5.75 Å². The topological polar surface area (TPSA) is 85.6 Å². The van der Waals surface area contributed by atoms with Crippen LogP contribution >= 0.6 is 23.1 Å². The smallest absolute Gasteiger partial charge is 0.230 e. The molecule has 0 aliphatic carbocycles. The van der Waals surface area contributed by atoms with Gasteiger partial charge in [0.1, 0.15) is 0 Å². The van der Waals surface area contributed by atoms with Crippen LogP contribution in [0.4, 0.5) is 0 Å². The van der Waals surface area contributed by atoms with Crippen molar-refractivity contribution in [3.63, 3.8) is 0 Å². The zero-order valence-electron chi connectivity index (χ0n) is 13.5. The molecule has 0 aliphatic rings. The van der Waals surface area contributed by atoms with Gasteiger partial charge < -0.3 is 5.32 Å². The quantitative estimate of drug-likeness (QED) is 0.648. The highest BCUT2D eigenvalue weighted by molar-refractivity contribution is 7.99. The fourth-order valence-electron chi connectivity index (χ4n) is 2.27. The number of rotatable bonds is 7. The Balaban J connectivity index is 1.50. The van der Waals surface area contributed by atoms with Gasteiger partial charge in [-0.05, 0) is 36.4 Å². The molecule has 2 aromatic heterocycles. The van der Waals surface area contributed by atoms with E-state index < -0.39 is 0 Å². The van der Waals surface area contributed by atoms with E-state index >= 15 is 0 Å². The van der Waals surface area contributed by atoms with Crippen molar-refractivity contribution in [3.8, 4) is 0 Å². The number of amides is 1. The van der Waals surface area contributed by atoms with Crippen LogP contribution in [0.3, 0.4) is 0 Å². The van der Waals surface area contributed by atoms with Crippen molar-refractivity contribution in [1.82, 2.24) is 30.5 Å². The molecule has 0 radical (unpaired) electrons. The normalized spacial score (nSPS) is 12.4. The molecule has 9 heteroatoms. The summed E-state index contributed by atoms with van der Waals surface area (Å²) in [5.41, 5.74) is 1.01. The molecule has 1 amide bonds. The maximum Gasteiger partial charge on any atom is 0.230 e. The van der Waals surface area contributed by atoms with Gasteiger partial charge in [-0.15, -0.1) is 16.4 Å². The first-order chi connectivity index (χ1) is 11.7. The number of hydrogen-bond acceptors (Lipinski definition) is 7. The van der Waals surface area contributed by atoms with Crippen LogP contribution in [0, 0.1) is 0 Å². The van der Waals surface area contributed by atoms with Crippen molar-refractivity contribution >= 4 is 39.2 Å². The Kier molecular flexibility index (Phi) is 5.41. The molecule has 126 valence electrons. The molecule has 0 saturated heterocycles. The van der Waals surface area contributed by atoms with Crippen LogP contribution in [-0.4, -0.2) is 42.9 Å². The maximum atomic E-state index is 12.1. The number of nitrogens with one attached hydrogen (secondary N) is 1. The second kappa shape index (κ2) is 7.71. The standard InChI is InChI=1S/C15H18N6OS2/c1-3-21-15(18-19-20-21)23-9-13(22)16-10(2)8-14-17-11-6-4-5-7-12(11)24-14/h4-7,10H,3,8-9H2,1-2H3,(H,16,22). The molecular weight excluding hydrogens is 344 g/mol. The lowest BCUT2D eigenvalue weighted by Gasteiger charge is -2.12. The number of aromatic nitrogens is 5. The van der Waals surface area contributed by atoms with Crippen LogP contribution in [0.5, 0.6) is 0 Å². The zero-order chi connectivity index (χ0) is 16.9. The summed E-state index contributed by atoms with van der Waals surface area (Å²) >= 11 is 3.01. The number of hydrogen-bond donors (Lipinski definition) is 1. The maximum absolute atomic E-state index is 12.1. The van der Waals surface area contributed by atoms with Gasteiger partial charge in [-0.3, -0.25) is 4.79 Å². The predicted octanol–water partition coefficient (Wildman–Crippen LogP) is 2.14. The Morgan fingerprint density at radius 1 is 1.42 bits per heavy atom. The number of tetrazole rings is 1. The molecule has 1 unspecified atom stereocenters. The summed E-state index contributed by atoms with van der Waals surface area (Å²) in [5.74, 6) is 0.268. The first kappa shape index (κ1) is 16.8. The Bertz CT molecular complexity index is 797. The van der Waals surface area contributed by atoms with Gasteiger partial charge in [-0.2, -0.15) is 0 Å². The molecule has 0 saturated carbocycles. The number of nitrogens with zero attached hydrogens (tertiary/aromatic N) is 5. The van der Waals surface area contributed by atoms with E-state index in [0.29, 0.717) is 17.5 Å². The van der Waals surface area contributed by atoms with Crippen LogP contribution in [0.25, 0.3) is 10.2 Å². The van der Waals surface area contributed by atoms with Gasteiger partial charge in [0.25, 0.3) is 0 Å². The first-order valence-corrected chi connectivity index (χ1v) is 9.48. The van der Waals surface area contributed by atoms with E-state index in [1.165, 1.54) is 16.5 Å². The van der Waals surface area contributed by atoms with Crippen LogP contribution in [0.2, 0.25) is 0 Å². The van der Waals surface area contributed by atoms with Crippen LogP contribution in [0.15, 0.2) is 29.4 Å². The minimum absolute atomic E-state index is 0.0285. The van der Waals surface area contributed by atoms with E-state index in [9.17, 15) is 4.79 Å². The molecule has 3 aromatic rings. The number of aryl methyl sites for hydroxylation is 1. The van der Waals surface area contributed by atoms with Gasteiger partial charge in [0.15, 0.2) is 0 Å². The van der Waals surface area contributed by atoms with E-state index in [0.717, 1.165) is 16.9 Å². The second-order valence-electron chi connectivity index (χ2n) is 5.31. The molecule has 0 fully saturated rings. The molecule has 1 aromatic carbocycles. The fourth-order valence-corrected chi connectivity index (χ4v) is 4.11. The van der Waals surface area contributed by atoms with Gasteiger partial charge in [-0.1, -0.05) is 23.9 Å². The largest absolute Gasteiger partial charge is 0.352 e. The van der Waals surface area contributed by atoms with Crippen LogP contribution < -0.4 is 5.32 Å². The molecule has 0 bridgehead atoms. The molecule has 7 nitrogen and oxygen atoms in total. The summed E-state index contributed by atoms with van der Waals surface area (Å²) in [7, 11) is 0. The monoisotopic (exact) mass is 362 g/mol. The lowest BCUT2D eigenvalue weighted by Crippen LogP contribution is -2.35. The van der Waals surface area contributed by atoms with Crippen molar-refractivity contribution in [1.29, 1.82) is 0 Å². The van der Waals surface area contributed by atoms with Crippen LogP contribution in [-0.2, 0) is 17.8 Å². The average Bonchev–Trinajstić information content (AvgIpc) is 3.18. The van der Waals surface area contributed by atoms with Crippen LogP contribution in [0.1, 0.15) is 18.9 Å². The molecule has 0 aliphatic heterocycles. The number of thioether (sulfide) groups is 1. The summed E-state index contributed by atoms with van der Waals surface area (Å²) in [4.78, 5) is 16.7. The van der Waals surface area contributed by atoms with E-state index in [4.69, 9.17) is 0 Å².